The lowest BCUT2D eigenvalue weighted by molar-refractivity contribution is -0.152. The Labute approximate surface area is 623 Å². The molecule has 2 aromatic carbocycles. The monoisotopic (exact) mass is 1470 g/mol. The van der Waals surface area contributed by atoms with E-state index in [-0.39, 0.29) is 50.7 Å². The number of carbonyl (C=O) groups excluding carboxylic acids is 12. The van der Waals surface area contributed by atoms with Gasteiger partial charge in [-0.15, -0.1) is 0 Å². The second-order valence-electron chi connectivity index (χ2n) is 31.0. The van der Waals surface area contributed by atoms with Crippen molar-refractivity contribution < 1.29 is 72.1 Å². The lowest BCUT2D eigenvalue weighted by Crippen LogP contribution is -2.63. The van der Waals surface area contributed by atoms with Crippen LogP contribution < -0.4 is 26.6 Å². The van der Waals surface area contributed by atoms with Crippen LogP contribution in [0.1, 0.15) is 146 Å². The molecular formula is C77H125N13O15. The van der Waals surface area contributed by atoms with Gasteiger partial charge >= 0.3 is 0 Å². The van der Waals surface area contributed by atoms with Crippen LogP contribution in [0.3, 0.4) is 0 Å². The first-order chi connectivity index (χ1) is 49.2. The molecule has 11 atom stereocenters. The van der Waals surface area contributed by atoms with Gasteiger partial charge < -0.3 is 80.4 Å². The number of piperidine rings is 1. The molecule has 0 bridgehead atoms. The van der Waals surface area contributed by atoms with Crippen molar-refractivity contribution >= 4 is 70.9 Å². The van der Waals surface area contributed by atoms with Gasteiger partial charge in [0.15, 0.2) is 0 Å². The average Bonchev–Trinajstić information content (AvgIpc) is 0.800. The van der Waals surface area contributed by atoms with Crippen LogP contribution in [-0.4, -0.2) is 289 Å². The lowest BCUT2D eigenvalue weighted by Gasteiger charge is -2.38. The summed E-state index contributed by atoms with van der Waals surface area (Å²) in [6, 6.07) is 3.44. The maximum absolute atomic E-state index is 15.6. The van der Waals surface area contributed by atoms with Crippen LogP contribution in [-0.2, 0) is 79.8 Å². The number of likely N-dealkylation sites (N-methyl/N-ethyl adjacent to an activating group) is 6. The zero-order chi connectivity index (χ0) is 78.9. The van der Waals surface area contributed by atoms with E-state index in [0.29, 0.717) is 50.0 Å². The van der Waals surface area contributed by atoms with Gasteiger partial charge in [-0.05, 0) is 115 Å². The second-order valence-corrected chi connectivity index (χ2v) is 31.0. The predicted molar refractivity (Wildman–Crippen MR) is 400 cm³/mol. The van der Waals surface area contributed by atoms with Gasteiger partial charge in [0.05, 0.1) is 44.5 Å². The highest BCUT2D eigenvalue weighted by molar-refractivity contribution is 6.00. The third-order valence-corrected chi connectivity index (χ3v) is 19.1. The van der Waals surface area contributed by atoms with Crippen LogP contribution in [0.15, 0.2) is 60.7 Å². The van der Waals surface area contributed by atoms with E-state index >= 15 is 33.6 Å². The number of aliphatic hydroxyl groups excluding tert-OH is 1. The molecule has 0 aromatic heterocycles. The molecule has 0 aliphatic carbocycles. The summed E-state index contributed by atoms with van der Waals surface area (Å²) in [7, 11) is 10.6. The predicted octanol–water partition coefficient (Wildman–Crippen LogP) is 2.86. The summed E-state index contributed by atoms with van der Waals surface area (Å²) in [5.41, 5.74) is 0.383. The van der Waals surface area contributed by atoms with Gasteiger partial charge in [0.2, 0.25) is 70.9 Å². The molecule has 4 rings (SSSR count). The largest absolute Gasteiger partial charge is 0.391 e. The van der Waals surface area contributed by atoms with Gasteiger partial charge in [0.25, 0.3) is 0 Å². The highest BCUT2D eigenvalue weighted by atomic mass is 16.5. The number of nitrogens with zero attached hydrogens (tertiary/aromatic N) is 8. The standard InChI is InChI=1S/C77H125N13O15/c1-21-35-90-45-63(93)84(16)58(40-48(2)3)67(94)80-57(47-105-77(11,12)13)72(99)87(19)61(43-54-33-27-23-28-34-54)74(101)88(20)66(51(8)9)70(97)78-55(73(100)89-36-29-24-30-37-89)44-62(92)81-64(50(6)7)75(102)86(18)60(42-53-31-25-22-26-32-53)68(95)79-56(46-104-39-38-83(14)15)71(98)85(17)59(41-49(4)5)69(96)82-65(52(10)91)76(90)103/h22-23,25-28,31-34,48-52,55-61,64-66,91H,21,24,29-30,35-47H2,1-20H3,(H,78,97)(H,79,95)(H,80,94)(H,81,92)(H,82,96)/t52-,55+,56+,57+,58+,59+,60+,61+,64-,65+,66+/m1/s1. The normalized spacial score (nSPS) is 24.6. The van der Waals surface area contributed by atoms with Gasteiger partial charge in [-0.25, -0.2) is 0 Å². The number of likely N-dealkylation sites (tertiary alicyclic amines) is 1. The summed E-state index contributed by atoms with van der Waals surface area (Å²) in [5.74, 6) is -11.0. The SMILES string of the molecule is CCCN1CC(=O)N(C)[C@@H](CC(C)C)C(=O)N[C@@H](COC(C)(C)C)C(=O)N(C)[C@@H](Cc2ccccc2)C(=O)N(C)[C@@H](C(C)C)C(=O)N[C@H](C(=O)N2CCCCC2)CC(=O)N[C@H](C(C)C)C(=O)N(C)[C@@H](Cc2ccccc2)C(=O)N[C@@H](COCCN(C)C)C(=O)N(C)[C@@H](CC(C)C)C(=O)N[C@@H]([C@@H](C)O)C1=O. The van der Waals surface area contributed by atoms with Crippen LogP contribution in [0, 0.1) is 23.7 Å². The molecule has 2 aromatic rings. The van der Waals surface area contributed by atoms with E-state index in [9.17, 15) is 29.1 Å². The molecule has 588 valence electrons. The number of carbonyl (C=O) groups is 12. The van der Waals surface area contributed by atoms with E-state index < -0.39 is 181 Å². The topological polar surface area (TPSA) is 330 Å². The number of aliphatic hydroxyl groups is 1. The third-order valence-electron chi connectivity index (χ3n) is 19.1. The first-order valence-corrected chi connectivity index (χ1v) is 37.2. The van der Waals surface area contributed by atoms with Crippen molar-refractivity contribution in [1.82, 2.24) is 65.8 Å². The van der Waals surface area contributed by atoms with Gasteiger partial charge in [-0.2, -0.15) is 0 Å². The molecule has 2 aliphatic rings. The van der Waals surface area contributed by atoms with Gasteiger partial charge in [0.1, 0.15) is 60.4 Å². The Bertz CT molecular complexity index is 3200. The molecule has 28 nitrogen and oxygen atoms in total. The molecule has 0 unspecified atom stereocenters. The highest BCUT2D eigenvalue weighted by Gasteiger charge is 2.44. The third kappa shape index (κ3) is 27.3. The van der Waals surface area contributed by atoms with Crippen molar-refractivity contribution in [3.63, 3.8) is 0 Å². The Morgan fingerprint density at radius 3 is 1.52 bits per heavy atom. The molecule has 12 amide bonds. The van der Waals surface area contributed by atoms with Crippen molar-refractivity contribution in [3.8, 4) is 0 Å². The Kier molecular flexibility index (Phi) is 36.0. The van der Waals surface area contributed by atoms with Crippen molar-refractivity contribution in [2.75, 3.05) is 102 Å². The number of ether oxygens (including phenoxy) is 2. The van der Waals surface area contributed by atoms with Crippen LogP contribution in [0.25, 0.3) is 0 Å². The lowest BCUT2D eigenvalue weighted by atomic mass is 9.97. The Morgan fingerprint density at radius 2 is 1.04 bits per heavy atom. The first-order valence-electron chi connectivity index (χ1n) is 37.2. The molecule has 2 heterocycles. The minimum absolute atomic E-state index is 0.0151. The summed E-state index contributed by atoms with van der Waals surface area (Å²) in [6.07, 6.45) is 0.140. The molecule has 28 heteroatoms. The van der Waals surface area contributed by atoms with Gasteiger partial charge in [0, 0.05) is 74.3 Å². The molecular weight excluding hydrogens is 1350 g/mol. The Morgan fingerprint density at radius 1 is 0.552 bits per heavy atom. The maximum atomic E-state index is 15.6. The average molecular weight is 1470 g/mol. The molecule has 0 spiro atoms. The summed E-state index contributed by atoms with van der Waals surface area (Å²) < 4.78 is 12.3. The highest BCUT2D eigenvalue weighted by Crippen LogP contribution is 2.23. The molecule has 105 heavy (non-hydrogen) atoms. The van der Waals surface area contributed by atoms with Crippen molar-refractivity contribution in [2.45, 2.75) is 220 Å². The van der Waals surface area contributed by atoms with Gasteiger partial charge in [-0.1, -0.05) is 123 Å². The number of amides is 12. The zero-order valence-corrected chi connectivity index (χ0v) is 66.2. The van der Waals surface area contributed by atoms with Crippen LogP contribution in [0.5, 0.6) is 0 Å². The van der Waals surface area contributed by atoms with E-state index in [0.717, 1.165) is 11.3 Å². The molecule has 2 fully saturated rings. The fraction of sp³-hybridized carbons (Fsp3) is 0.688. The minimum atomic E-state index is -1.69. The van der Waals surface area contributed by atoms with Crippen molar-refractivity contribution in [2.24, 2.45) is 23.7 Å². The molecule has 2 aliphatic heterocycles. The summed E-state index contributed by atoms with van der Waals surface area (Å²) >= 11 is 0. The summed E-state index contributed by atoms with van der Waals surface area (Å²) in [5, 5.41) is 25.5. The van der Waals surface area contributed by atoms with E-state index in [1.807, 2.05) is 46.7 Å². The molecule has 6 N–H and O–H groups in total. The molecule has 2 saturated heterocycles. The quantitative estimate of drug-likeness (QED) is 0.0979. The fourth-order valence-electron chi connectivity index (χ4n) is 12.9. The zero-order valence-electron chi connectivity index (χ0n) is 66.2. The van der Waals surface area contributed by atoms with Crippen molar-refractivity contribution in [1.29, 1.82) is 0 Å². The number of benzene rings is 2. The van der Waals surface area contributed by atoms with Gasteiger partial charge in [-0.3, -0.25) is 57.5 Å². The number of rotatable bonds is 21. The first kappa shape index (κ1) is 89.3. The molecule has 0 saturated carbocycles. The van der Waals surface area contributed by atoms with E-state index in [1.165, 1.54) is 66.7 Å². The van der Waals surface area contributed by atoms with Crippen molar-refractivity contribution in [3.05, 3.63) is 71.8 Å². The van der Waals surface area contributed by atoms with Crippen LogP contribution in [0.4, 0.5) is 0 Å². The summed E-state index contributed by atoms with van der Waals surface area (Å²) in [4.78, 5) is 192. The number of hydrogen-bond acceptors (Lipinski definition) is 16. The smallest absolute Gasteiger partial charge is 0.248 e. The maximum Gasteiger partial charge on any atom is 0.248 e. The Balaban J connectivity index is 2.02. The molecule has 0 radical (unpaired) electrons. The van der Waals surface area contributed by atoms with Crippen LogP contribution >= 0.6 is 0 Å². The van der Waals surface area contributed by atoms with Crippen LogP contribution in [0.2, 0.25) is 0 Å². The Hall–Kier alpha value is -8.08. The van der Waals surface area contributed by atoms with E-state index in [4.69, 9.17) is 9.47 Å². The summed E-state index contributed by atoms with van der Waals surface area (Å²) in [6.45, 7) is 22.1. The second kappa shape index (κ2) is 42.3. The number of nitrogens with one attached hydrogen (secondary N) is 5. The fourth-order valence-corrected chi connectivity index (χ4v) is 12.9. The minimum Gasteiger partial charge on any atom is -0.391 e. The number of hydrogen-bond donors (Lipinski definition) is 6. The van der Waals surface area contributed by atoms with E-state index in [2.05, 4.69) is 26.6 Å². The van der Waals surface area contributed by atoms with E-state index in [1.54, 1.807) is 121 Å².